The summed E-state index contributed by atoms with van der Waals surface area (Å²) in [6, 6.07) is 6.42. The van der Waals surface area contributed by atoms with Gasteiger partial charge in [0.1, 0.15) is 5.75 Å². The molecular weight excluding hydrogens is 252 g/mol. The SMILES string of the molecule is CCNC(C)c1ccc(OCC(=O)N(C)CC)c(C)c1. The molecule has 0 bridgehead atoms. The van der Waals surface area contributed by atoms with Crippen LogP contribution in [-0.2, 0) is 4.79 Å². The molecule has 1 aromatic rings. The maximum absolute atomic E-state index is 11.7. The molecule has 0 spiro atoms. The molecule has 0 aliphatic carbocycles. The number of rotatable bonds is 7. The molecule has 20 heavy (non-hydrogen) atoms. The summed E-state index contributed by atoms with van der Waals surface area (Å²) in [7, 11) is 1.78. The van der Waals surface area contributed by atoms with Crippen LogP contribution in [0.1, 0.15) is 37.9 Å². The molecule has 1 N–H and O–H groups in total. The van der Waals surface area contributed by atoms with Crippen LogP contribution in [-0.4, -0.2) is 37.6 Å². The molecule has 0 aromatic heterocycles. The Kier molecular flexibility index (Phi) is 6.52. The fourth-order valence-corrected chi connectivity index (χ4v) is 1.95. The Bertz CT molecular complexity index is 446. The first-order chi connectivity index (χ1) is 9.49. The highest BCUT2D eigenvalue weighted by Crippen LogP contribution is 2.22. The van der Waals surface area contributed by atoms with Gasteiger partial charge in [-0.2, -0.15) is 0 Å². The molecule has 0 aliphatic heterocycles. The molecule has 4 heteroatoms. The van der Waals surface area contributed by atoms with Crippen molar-refractivity contribution in [2.75, 3.05) is 26.7 Å². The zero-order chi connectivity index (χ0) is 15.1. The van der Waals surface area contributed by atoms with Crippen LogP contribution in [0.4, 0.5) is 0 Å². The summed E-state index contributed by atoms with van der Waals surface area (Å²) in [4.78, 5) is 13.4. The van der Waals surface area contributed by atoms with Crippen LogP contribution in [0.2, 0.25) is 0 Å². The number of benzene rings is 1. The second-order valence-electron chi connectivity index (χ2n) is 5.00. The molecule has 1 rings (SSSR count). The molecule has 0 saturated heterocycles. The molecule has 1 unspecified atom stereocenters. The molecule has 0 saturated carbocycles. The molecule has 112 valence electrons. The second-order valence-corrected chi connectivity index (χ2v) is 5.00. The van der Waals surface area contributed by atoms with E-state index >= 15 is 0 Å². The molecule has 1 aromatic carbocycles. The van der Waals surface area contributed by atoms with Crippen molar-refractivity contribution in [3.63, 3.8) is 0 Å². The molecule has 0 radical (unpaired) electrons. The van der Waals surface area contributed by atoms with Gasteiger partial charge in [0.05, 0.1) is 0 Å². The van der Waals surface area contributed by atoms with Gasteiger partial charge in [0.25, 0.3) is 5.91 Å². The van der Waals surface area contributed by atoms with Crippen LogP contribution >= 0.6 is 0 Å². The fraction of sp³-hybridized carbons (Fsp3) is 0.562. The van der Waals surface area contributed by atoms with E-state index in [9.17, 15) is 4.79 Å². The topological polar surface area (TPSA) is 41.6 Å². The van der Waals surface area contributed by atoms with E-state index in [-0.39, 0.29) is 12.5 Å². The molecule has 1 atom stereocenters. The minimum Gasteiger partial charge on any atom is -0.484 e. The van der Waals surface area contributed by atoms with Crippen LogP contribution in [0.3, 0.4) is 0 Å². The summed E-state index contributed by atoms with van der Waals surface area (Å²) in [6.45, 7) is 9.91. The van der Waals surface area contributed by atoms with Gasteiger partial charge in [-0.3, -0.25) is 4.79 Å². The van der Waals surface area contributed by atoms with E-state index in [1.165, 1.54) is 5.56 Å². The Hall–Kier alpha value is -1.55. The van der Waals surface area contributed by atoms with Gasteiger partial charge >= 0.3 is 0 Å². The van der Waals surface area contributed by atoms with E-state index in [1.807, 2.05) is 26.0 Å². The van der Waals surface area contributed by atoms with Gasteiger partial charge in [-0.05, 0) is 44.5 Å². The van der Waals surface area contributed by atoms with Crippen LogP contribution in [0, 0.1) is 6.92 Å². The van der Waals surface area contributed by atoms with E-state index < -0.39 is 0 Å². The van der Waals surface area contributed by atoms with E-state index in [2.05, 4.69) is 25.2 Å². The third-order valence-corrected chi connectivity index (χ3v) is 3.46. The third-order valence-electron chi connectivity index (χ3n) is 3.46. The normalized spacial score (nSPS) is 12.1. The summed E-state index contributed by atoms with van der Waals surface area (Å²) in [5.74, 6) is 0.771. The van der Waals surface area contributed by atoms with Crippen molar-refractivity contribution in [3.05, 3.63) is 29.3 Å². The van der Waals surface area contributed by atoms with Crippen molar-refractivity contribution < 1.29 is 9.53 Å². The van der Waals surface area contributed by atoms with Gasteiger partial charge in [-0.25, -0.2) is 0 Å². The maximum Gasteiger partial charge on any atom is 0.260 e. The highest BCUT2D eigenvalue weighted by Gasteiger charge is 2.10. The average molecular weight is 278 g/mol. The van der Waals surface area contributed by atoms with Crippen molar-refractivity contribution in [2.24, 2.45) is 0 Å². The Morgan fingerprint density at radius 3 is 2.65 bits per heavy atom. The summed E-state index contributed by atoms with van der Waals surface area (Å²) in [5, 5.41) is 3.38. The predicted molar refractivity (Wildman–Crippen MR) is 82.1 cm³/mol. The van der Waals surface area contributed by atoms with Crippen molar-refractivity contribution in [2.45, 2.75) is 33.7 Å². The molecule has 4 nitrogen and oxygen atoms in total. The number of nitrogens with one attached hydrogen (secondary N) is 1. The first-order valence-electron chi connectivity index (χ1n) is 7.20. The highest BCUT2D eigenvalue weighted by atomic mass is 16.5. The van der Waals surface area contributed by atoms with Crippen LogP contribution < -0.4 is 10.1 Å². The van der Waals surface area contributed by atoms with Crippen molar-refractivity contribution in [1.82, 2.24) is 10.2 Å². The lowest BCUT2D eigenvalue weighted by atomic mass is 10.1. The van der Waals surface area contributed by atoms with Gasteiger partial charge < -0.3 is 15.0 Å². The molecule has 1 amide bonds. The zero-order valence-corrected chi connectivity index (χ0v) is 13.2. The van der Waals surface area contributed by atoms with E-state index in [1.54, 1.807) is 11.9 Å². The lowest BCUT2D eigenvalue weighted by Crippen LogP contribution is -2.31. The van der Waals surface area contributed by atoms with Crippen LogP contribution in [0.15, 0.2) is 18.2 Å². The lowest BCUT2D eigenvalue weighted by molar-refractivity contribution is -0.131. The molecule has 0 aliphatic rings. The average Bonchev–Trinajstić information content (AvgIpc) is 2.44. The smallest absolute Gasteiger partial charge is 0.260 e. The van der Waals surface area contributed by atoms with E-state index in [0.717, 1.165) is 17.9 Å². The van der Waals surface area contributed by atoms with Gasteiger partial charge in [-0.15, -0.1) is 0 Å². The van der Waals surface area contributed by atoms with Gasteiger partial charge in [0.2, 0.25) is 0 Å². The number of hydrogen-bond donors (Lipinski definition) is 1. The summed E-state index contributed by atoms with van der Waals surface area (Å²) < 4.78 is 5.60. The number of aryl methyl sites for hydroxylation is 1. The Balaban J connectivity index is 2.67. The predicted octanol–water partition coefficient (Wildman–Crippen LogP) is 2.52. The van der Waals surface area contributed by atoms with Gasteiger partial charge in [-0.1, -0.05) is 19.1 Å². The Morgan fingerprint density at radius 2 is 2.10 bits per heavy atom. The van der Waals surface area contributed by atoms with E-state index in [0.29, 0.717) is 12.6 Å². The second kappa shape index (κ2) is 7.90. The number of carbonyl (C=O) groups excluding carboxylic acids is 1. The van der Waals surface area contributed by atoms with Gasteiger partial charge in [0.15, 0.2) is 6.61 Å². The zero-order valence-electron chi connectivity index (χ0n) is 13.2. The number of amides is 1. The number of hydrogen-bond acceptors (Lipinski definition) is 3. The maximum atomic E-state index is 11.7. The van der Waals surface area contributed by atoms with Crippen LogP contribution in [0.25, 0.3) is 0 Å². The first-order valence-corrected chi connectivity index (χ1v) is 7.20. The summed E-state index contributed by atoms with van der Waals surface area (Å²) in [6.07, 6.45) is 0. The highest BCUT2D eigenvalue weighted by molar-refractivity contribution is 5.77. The lowest BCUT2D eigenvalue weighted by Gasteiger charge is -2.17. The minimum atomic E-state index is -0.00278. The minimum absolute atomic E-state index is 0.00278. The largest absolute Gasteiger partial charge is 0.484 e. The fourth-order valence-electron chi connectivity index (χ4n) is 1.95. The van der Waals surface area contributed by atoms with E-state index in [4.69, 9.17) is 4.74 Å². The summed E-state index contributed by atoms with van der Waals surface area (Å²) >= 11 is 0. The summed E-state index contributed by atoms with van der Waals surface area (Å²) in [5.41, 5.74) is 2.29. The van der Waals surface area contributed by atoms with Gasteiger partial charge in [0, 0.05) is 19.6 Å². The van der Waals surface area contributed by atoms with Crippen molar-refractivity contribution >= 4 is 5.91 Å². The monoisotopic (exact) mass is 278 g/mol. The van der Waals surface area contributed by atoms with Crippen LogP contribution in [0.5, 0.6) is 5.75 Å². The van der Waals surface area contributed by atoms with Crippen molar-refractivity contribution in [1.29, 1.82) is 0 Å². The standard InChI is InChI=1S/C16H26N2O2/c1-6-17-13(4)14-8-9-15(12(3)10-14)20-11-16(19)18(5)7-2/h8-10,13,17H,6-7,11H2,1-5H3. The molecule has 0 heterocycles. The first kappa shape index (κ1) is 16.5. The number of ether oxygens (including phenoxy) is 1. The number of carbonyl (C=O) groups is 1. The van der Waals surface area contributed by atoms with Crippen molar-refractivity contribution in [3.8, 4) is 5.75 Å². The third kappa shape index (κ3) is 4.53. The Labute approximate surface area is 122 Å². The molecular formula is C16H26N2O2. The quantitative estimate of drug-likeness (QED) is 0.833. The molecule has 0 fully saturated rings. The number of nitrogens with zero attached hydrogens (tertiary/aromatic N) is 1. The number of likely N-dealkylation sites (N-methyl/N-ethyl adjacent to an activating group) is 1. The Morgan fingerprint density at radius 1 is 1.40 bits per heavy atom.